The highest BCUT2D eigenvalue weighted by Gasteiger charge is 2.08. The topological polar surface area (TPSA) is 103 Å². The van der Waals surface area contributed by atoms with Gasteiger partial charge in [0.15, 0.2) is 0 Å². The number of benzene rings is 3. The van der Waals surface area contributed by atoms with E-state index in [0.29, 0.717) is 30.2 Å². The predicted molar refractivity (Wildman–Crippen MR) is 154 cm³/mol. The first-order chi connectivity index (χ1) is 19.0. The second-order valence-electron chi connectivity index (χ2n) is 9.55. The largest absolute Gasteiger partial charge is 0.493 e. The molecule has 0 unspecified atom stereocenters. The molecule has 3 aromatic rings. The van der Waals surface area contributed by atoms with Gasteiger partial charge in [-0.05, 0) is 44.0 Å². The van der Waals surface area contributed by atoms with Gasteiger partial charge >= 0.3 is 5.97 Å². The summed E-state index contributed by atoms with van der Waals surface area (Å²) in [4.78, 5) is 21.7. The summed E-state index contributed by atoms with van der Waals surface area (Å²) in [6.07, 6.45) is 10.2. The van der Waals surface area contributed by atoms with Crippen LogP contribution in [-0.2, 0) is 9.53 Å². The quantitative estimate of drug-likeness (QED) is 0.0431. The van der Waals surface area contributed by atoms with Crippen LogP contribution in [0, 0.1) is 10.1 Å². The standard InChI is InChI=1S/C31H37N3O5/c1-24(2)31(35)39-23-13-9-7-5-3-4-6-8-12-22-38-30-21-20-29(27-14-10-11-15-28(27)30)33-32-25-16-18-26(19-17-25)34(36)37/h10-11,14-21H,1,3-9,12-13,22-23H2,2H3. The molecule has 0 heterocycles. The van der Waals surface area contributed by atoms with Gasteiger partial charge in [-0.15, -0.1) is 5.11 Å². The normalized spacial score (nSPS) is 11.1. The molecule has 0 saturated carbocycles. The molecule has 0 aliphatic carbocycles. The van der Waals surface area contributed by atoms with Gasteiger partial charge in [0.2, 0.25) is 0 Å². The minimum atomic E-state index is -0.438. The van der Waals surface area contributed by atoms with Gasteiger partial charge in [0.1, 0.15) is 5.75 Å². The van der Waals surface area contributed by atoms with E-state index in [1.807, 2.05) is 36.4 Å². The lowest BCUT2D eigenvalue weighted by molar-refractivity contribution is -0.384. The SMILES string of the molecule is C=C(C)C(=O)OCCCCCCCCCCCOc1ccc(N=Nc2ccc([N+](=O)[O-])cc2)c2ccccc12. The second-order valence-corrected chi connectivity index (χ2v) is 9.55. The van der Waals surface area contributed by atoms with E-state index in [1.165, 1.54) is 44.2 Å². The van der Waals surface area contributed by atoms with Crippen molar-refractivity contribution in [2.75, 3.05) is 13.2 Å². The van der Waals surface area contributed by atoms with E-state index < -0.39 is 4.92 Å². The monoisotopic (exact) mass is 531 g/mol. The highest BCUT2D eigenvalue weighted by molar-refractivity contribution is 5.96. The molecule has 39 heavy (non-hydrogen) atoms. The molecule has 0 radical (unpaired) electrons. The zero-order valence-corrected chi connectivity index (χ0v) is 22.6. The minimum Gasteiger partial charge on any atom is -0.493 e. The summed E-state index contributed by atoms with van der Waals surface area (Å²) in [6, 6.07) is 17.7. The van der Waals surface area contributed by atoms with Crippen molar-refractivity contribution in [2.45, 2.75) is 64.7 Å². The van der Waals surface area contributed by atoms with Crippen molar-refractivity contribution < 1.29 is 19.2 Å². The average molecular weight is 532 g/mol. The number of nitro benzene ring substituents is 1. The molecule has 8 nitrogen and oxygen atoms in total. The fraction of sp³-hybridized carbons (Fsp3) is 0.387. The Labute approximate surface area is 229 Å². The summed E-state index contributed by atoms with van der Waals surface area (Å²) in [5.74, 6) is 0.529. The Hall–Kier alpha value is -4.07. The van der Waals surface area contributed by atoms with Crippen LogP contribution in [0.4, 0.5) is 17.1 Å². The molecule has 0 atom stereocenters. The molecule has 3 aromatic carbocycles. The van der Waals surface area contributed by atoms with Gasteiger partial charge in [-0.2, -0.15) is 5.11 Å². The highest BCUT2D eigenvalue weighted by atomic mass is 16.6. The Morgan fingerprint density at radius 3 is 2.00 bits per heavy atom. The molecule has 0 N–H and O–H groups in total. The van der Waals surface area contributed by atoms with Crippen LogP contribution in [0.5, 0.6) is 5.75 Å². The number of azo groups is 1. The van der Waals surface area contributed by atoms with Crippen LogP contribution in [0.2, 0.25) is 0 Å². The van der Waals surface area contributed by atoms with Gasteiger partial charge in [-0.3, -0.25) is 10.1 Å². The summed E-state index contributed by atoms with van der Waals surface area (Å²) >= 11 is 0. The first-order valence-electron chi connectivity index (χ1n) is 13.6. The van der Waals surface area contributed by atoms with E-state index in [-0.39, 0.29) is 11.7 Å². The predicted octanol–water partition coefficient (Wildman–Crippen LogP) is 9.17. The number of unbranched alkanes of at least 4 members (excludes halogenated alkanes) is 8. The van der Waals surface area contributed by atoms with Crippen molar-refractivity contribution >= 4 is 33.8 Å². The van der Waals surface area contributed by atoms with Gasteiger partial charge < -0.3 is 9.47 Å². The number of carbonyl (C=O) groups is 1. The van der Waals surface area contributed by atoms with E-state index in [1.54, 1.807) is 19.1 Å². The third-order valence-corrected chi connectivity index (χ3v) is 6.32. The summed E-state index contributed by atoms with van der Waals surface area (Å²) in [5.41, 5.74) is 1.73. The molecular formula is C31H37N3O5. The summed E-state index contributed by atoms with van der Waals surface area (Å²) in [5, 5.41) is 21.4. The molecule has 0 saturated heterocycles. The smallest absolute Gasteiger partial charge is 0.333 e. The molecule has 0 aromatic heterocycles. The van der Waals surface area contributed by atoms with Crippen molar-refractivity contribution in [3.8, 4) is 5.75 Å². The lowest BCUT2D eigenvalue weighted by Crippen LogP contribution is -2.05. The summed E-state index contributed by atoms with van der Waals surface area (Å²) in [7, 11) is 0. The number of hydrogen-bond acceptors (Lipinski definition) is 7. The number of hydrogen-bond donors (Lipinski definition) is 0. The molecule has 206 valence electrons. The number of nitro groups is 1. The zero-order chi connectivity index (χ0) is 27.9. The van der Waals surface area contributed by atoms with E-state index >= 15 is 0 Å². The molecule has 3 rings (SSSR count). The zero-order valence-electron chi connectivity index (χ0n) is 22.6. The maximum absolute atomic E-state index is 11.3. The first kappa shape index (κ1) is 29.5. The van der Waals surface area contributed by atoms with Crippen LogP contribution in [0.25, 0.3) is 10.8 Å². The van der Waals surface area contributed by atoms with Crippen LogP contribution < -0.4 is 4.74 Å². The van der Waals surface area contributed by atoms with Crippen LogP contribution >= 0.6 is 0 Å². The van der Waals surface area contributed by atoms with Gasteiger partial charge in [0, 0.05) is 28.5 Å². The Morgan fingerprint density at radius 2 is 1.38 bits per heavy atom. The third-order valence-electron chi connectivity index (χ3n) is 6.32. The van der Waals surface area contributed by atoms with Crippen molar-refractivity contribution in [3.63, 3.8) is 0 Å². The number of carbonyl (C=O) groups excluding carboxylic acids is 1. The number of fused-ring (bicyclic) bond motifs is 1. The fourth-order valence-corrected chi connectivity index (χ4v) is 4.13. The molecule has 0 spiro atoms. The Kier molecular flexibility index (Phi) is 12.1. The fourth-order valence-electron chi connectivity index (χ4n) is 4.13. The number of esters is 1. The van der Waals surface area contributed by atoms with Crippen LogP contribution in [-0.4, -0.2) is 24.1 Å². The van der Waals surface area contributed by atoms with E-state index in [4.69, 9.17) is 9.47 Å². The number of rotatable bonds is 17. The first-order valence-corrected chi connectivity index (χ1v) is 13.6. The van der Waals surface area contributed by atoms with Crippen molar-refractivity contribution in [1.82, 2.24) is 0 Å². The number of nitrogens with zero attached hydrogens (tertiary/aromatic N) is 3. The van der Waals surface area contributed by atoms with Gasteiger partial charge in [0.05, 0.1) is 29.5 Å². The van der Waals surface area contributed by atoms with Crippen LogP contribution in [0.3, 0.4) is 0 Å². The summed E-state index contributed by atoms with van der Waals surface area (Å²) < 4.78 is 11.2. The van der Waals surface area contributed by atoms with Crippen LogP contribution in [0.1, 0.15) is 64.7 Å². The maximum atomic E-state index is 11.3. The Balaban J connectivity index is 1.35. The lowest BCUT2D eigenvalue weighted by atomic mass is 10.1. The van der Waals surface area contributed by atoms with Crippen molar-refractivity contribution in [1.29, 1.82) is 0 Å². The Bertz CT molecular complexity index is 1270. The minimum absolute atomic E-state index is 0.0216. The van der Waals surface area contributed by atoms with Crippen molar-refractivity contribution in [2.24, 2.45) is 10.2 Å². The number of ether oxygens (including phenoxy) is 2. The molecule has 0 bridgehead atoms. The van der Waals surface area contributed by atoms with E-state index in [9.17, 15) is 14.9 Å². The van der Waals surface area contributed by atoms with Crippen LogP contribution in [0.15, 0.2) is 83.0 Å². The number of non-ortho nitro benzene ring substituents is 1. The highest BCUT2D eigenvalue weighted by Crippen LogP contribution is 2.34. The maximum Gasteiger partial charge on any atom is 0.333 e. The average Bonchev–Trinajstić information content (AvgIpc) is 2.94. The molecule has 0 amide bonds. The lowest BCUT2D eigenvalue weighted by Gasteiger charge is -2.11. The van der Waals surface area contributed by atoms with Gasteiger partial charge in [-0.1, -0.05) is 75.8 Å². The Morgan fingerprint density at radius 1 is 0.795 bits per heavy atom. The molecule has 0 aliphatic rings. The van der Waals surface area contributed by atoms with Gasteiger partial charge in [-0.25, -0.2) is 4.79 Å². The second kappa shape index (κ2) is 16.0. The van der Waals surface area contributed by atoms with Crippen molar-refractivity contribution in [3.05, 3.63) is 82.9 Å². The van der Waals surface area contributed by atoms with E-state index in [0.717, 1.165) is 42.2 Å². The molecule has 0 fully saturated rings. The van der Waals surface area contributed by atoms with E-state index in [2.05, 4.69) is 16.8 Å². The molecule has 0 aliphatic heterocycles. The van der Waals surface area contributed by atoms with Gasteiger partial charge in [0.25, 0.3) is 5.69 Å². The summed E-state index contributed by atoms with van der Waals surface area (Å²) in [6.45, 7) is 6.39. The molecular weight excluding hydrogens is 494 g/mol. The third kappa shape index (κ3) is 9.96. The molecule has 8 heteroatoms.